The number of hydrogen-bond acceptors (Lipinski definition) is 5. The Kier molecular flexibility index (Phi) is 2.85. The molecular weight excluding hydrogens is 179 g/mol. The highest BCUT2D eigenvalue weighted by Crippen LogP contribution is 2.05. The SMILES string of the molecule is COC(=O)c1csc(B(O)O)c1. The monoisotopic (exact) mass is 186 g/mol. The first kappa shape index (κ1) is 9.24. The molecule has 1 aromatic rings. The van der Waals surface area contributed by atoms with Crippen LogP contribution in [0.5, 0.6) is 0 Å². The quantitative estimate of drug-likeness (QED) is 0.469. The van der Waals surface area contributed by atoms with Crippen molar-refractivity contribution in [2.24, 2.45) is 0 Å². The van der Waals surface area contributed by atoms with E-state index in [0.717, 1.165) is 11.3 Å². The molecule has 0 saturated heterocycles. The summed E-state index contributed by atoms with van der Waals surface area (Å²) in [5, 5.41) is 18.9. The molecule has 0 aromatic carbocycles. The van der Waals surface area contributed by atoms with E-state index in [4.69, 9.17) is 10.0 Å². The second kappa shape index (κ2) is 3.71. The zero-order valence-electron chi connectivity index (χ0n) is 6.35. The minimum Gasteiger partial charge on any atom is -0.465 e. The first-order valence-corrected chi connectivity index (χ1v) is 4.06. The lowest BCUT2D eigenvalue weighted by atomic mass is 9.89. The summed E-state index contributed by atoms with van der Waals surface area (Å²) in [5.41, 5.74) is 0.339. The van der Waals surface area contributed by atoms with Gasteiger partial charge in [-0.25, -0.2) is 4.79 Å². The molecular formula is C6H7BO4S. The van der Waals surface area contributed by atoms with Gasteiger partial charge in [-0.15, -0.1) is 0 Å². The Hall–Kier alpha value is -0.845. The molecule has 6 heteroatoms. The van der Waals surface area contributed by atoms with Crippen LogP contribution in [0.25, 0.3) is 0 Å². The molecule has 4 nitrogen and oxygen atoms in total. The van der Waals surface area contributed by atoms with Crippen LogP contribution in [-0.4, -0.2) is 30.2 Å². The number of ether oxygens (including phenoxy) is 1. The van der Waals surface area contributed by atoms with Crippen LogP contribution in [0.2, 0.25) is 0 Å². The number of carbonyl (C=O) groups is 1. The number of methoxy groups -OCH3 is 1. The van der Waals surface area contributed by atoms with Gasteiger partial charge in [-0.3, -0.25) is 0 Å². The molecule has 0 unspecified atom stereocenters. The van der Waals surface area contributed by atoms with Crippen LogP contribution >= 0.6 is 11.3 Å². The zero-order chi connectivity index (χ0) is 9.14. The Morgan fingerprint density at radius 1 is 1.67 bits per heavy atom. The van der Waals surface area contributed by atoms with Crippen LogP contribution in [0.4, 0.5) is 0 Å². The topological polar surface area (TPSA) is 66.8 Å². The van der Waals surface area contributed by atoms with Gasteiger partial charge in [0.05, 0.1) is 12.7 Å². The Balaban J connectivity index is 2.84. The van der Waals surface area contributed by atoms with Crippen LogP contribution < -0.4 is 4.78 Å². The van der Waals surface area contributed by atoms with E-state index in [9.17, 15) is 4.79 Å². The summed E-state index contributed by atoms with van der Waals surface area (Å²) in [4.78, 5) is 10.9. The van der Waals surface area contributed by atoms with Gasteiger partial charge in [0.25, 0.3) is 0 Å². The van der Waals surface area contributed by atoms with Gasteiger partial charge in [-0.05, 0) is 6.07 Å². The highest BCUT2D eigenvalue weighted by Gasteiger charge is 2.16. The van der Waals surface area contributed by atoms with Crippen LogP contribution in [0, 0.1) is 0 Å². The molecule has 0 amide bonds. The van der Waals surface area contributed by atoms with Crippen molar-refractivity contribution < 1.29 is 19.6 Å². The Morgan fingerprint density at radius 2 is 2.33 bits per heavy atom. The van der Waals surface area contributed by atoms with Crippen molar-refractivity contribution in [3.8, 4) is 0 Å². The molecule has 2 N–H and O–H groups in total. The van der Waals surface area contributed by atoms with Crippen molar-refractivity contribution in [1.82, 2.24) is 0 Å². The van der Waals surface area contributed by atoms with E-state index in [2.05, 4.69) is 4.74 Å². The number of esters is 1. The second-order valence-electron chi connectivity index (χ2n) is 2.10. The lowest BCUT2D eigenvalue weighted by molar-refractivity contribution is 0.0601. The van der Waals surface area contributed by atoms with Gasteiger partial charge in [0, 0.05) is 10.2 Å². The summed E-state index contributed by atoms with van der Waals surface area (Å²) in [6, 6.07) is 1.39. The molecule has 0 radical (unpaired) electrons. The fourth-order valence-electron chi connectivity index (χ4n) is 0.713. The standard InChI is InChI=1S/C6H7BO4S/c1-11-6(8)4-2-5(7(9)10)12-3-4/h2-3,9-10H,1H3. The number of thiophene rings is 1. The molecule has 64 valence electrons. The molecule has 0 bridgehead atoms. The van der Waals surface area contributed by atoms with E-state index < -0.39 is 13.1 Å². The molecule has 12 heavy (non-hydrogen) atoms. The maximum absolute atomic E-state index is 10.9. The van der Waals surface area contributed by atoms with E-state index in [1.165, 1.54) is 18.6 Å². The van der Waals surface area contributed by atoms with E-state index in [1.54, 1.807) is 0 Å². The molecule has 0 aliphatic heterocycles. The summed E-state index contributed by atoms with van der Waals surface area (Å²) >= 11 is 1.10. The average Bonchev–Trinajstić information content (AvgIpc) is 2.51. The van der Waals surface area contributed by atoms with Crippen LogP contribution in [0.15, 0.2) is 11.4 Å². The van der Waals surface area contributed by atoms with Crippen molar-refractivity contribution >= 4 is 29.2 Å². The van der Waals surface area contributed by atoms with E-state index in [-0.39, 0.29) is 0 Å². The molecule has 0 aliphatic rings. The van der Waals surface area contributed by atoms with E-state index >= 15 is 0 Å². The molecule has 1 heterocycles. The molecule has 0 fully saturated rings. The van der Waals surface area contributed by atoms with Crippen LogP contribution in [-0.2, 0) is 4.74 Å². The highest BCUT2D eigenvalue weighted by molar-refractivity contribution is 7.20. The Morgan fingerprint density at radius 3 is 2.75 bits per heavy atom. The number of rotatable bonds is 2. The minimum atomic E-state index is -1.52. The van der Waals surface area contributed by atoms with Crippen molar-refractivity contribution in [3.63, 3.8) is 0 Å². The third-order valence-electron chi connectivity index (χ3n) is 1.30. The largest absolute Gasteiger partial charge is 0.499 e. The van der Waals surface area contributed by atoms with Crippen molar-refractivity contribution in [2.45, 2.75) is 0 Å². The van der Waals surface area contributed by atoms with Crippen molar-refractivity contribution in [2.75, 3.05) is 7.11 Å². The second-order valence-corrected chi connectivity index (χ2v) is 3.05. The third kappa shape index (κ3) is 1.85. The molecule has 1 aromatic heterocycles. The number of hydrogen-bond donors (Lipinski definition) is 2. The van der Waals surface area contributed by atoms with Gasteiger partial charge in [0.1, 0.15) is 0 Å². The predicted molar refractivity (Wildman–Crippen MR) is 45.5 cm³/mol. The van der Waals surface area contributed by atoms with Gasteiger partial charge in [-0.1, -0.05) is 0 Å². The molecule has 0 saturated carbocycles. The lowest BCUT2D eigenvalue weighted by Crippen LogP contribution is -2.26. The van der Waals surface area contributed by atoms with Crippen molar-refractivity contribution in [1.29, 1.82) is 0 Å². The lowest BCUT2D eigenvalue weighted by Gasteiger charge is -1.92. The number of carbonyl (C=O) groups excluding carboxylic acids is 1. The smallest absolute Gasteiger partial charge is 0.465 e. The van der Waals surface area contributed by atoms with Gasteiger partial charge in [-0.2, -0.15) is 11.3 Å². The van der Waals surface area contributed by atoms with E-state index in [1.807, 2.05) is 0 Å². The first-order valence-electron chi connectivity index (χ1n) is 3.18. The average molecular weight is 186 g/mol. The molecule has 1 rings (SSSR count). The van der Waals surface area contributed by atoms with E-state index in [0.29, 0.717) is 10.3 Å². The maximum Gasteiger partial charge on any atom is 0.499 e. The highest BCUT2D eigenvalue weighted by atomic mass is 32.1. The Bertz CT molecular complexity index is 283. The first-order chi connectivity index (χ1) is 5.65. The van der Waals surface area contributed by atoms with Gasteiger partial charge in [0.2, 0.25) is 0 Å². The fraction of sp³-hybridized carbons (Fsp3) is 0.167. The summed E-state index contributed by atoms with van der Waals surface area (Å²) in [7, 11) is -0.247. The van der Waals surface area contributed by atoms with Gasteiger partial charge < -0.3 is 14.8 Å². The van der Waals surface area contributed by atoms with Crippen LogP contribution in [0.1, 0.15) is 10.4 Å². The maximum atomic E-state index is 10.9. The Labute approximate surface area is 73.6 Å². The molecule has 0 spiro atoms. The van der Waals surface area contributed by atoms with Gasteiger partial charge >= 0.3 is 13.1 Å². The molecule has 0 aliphatic carbocycles. The van der Waals surface area contributed by atoms with Gasteiger partial charge in [0.15, 0.2) is 0 Å². The molecule has 0 atom stereocenters. The normalized spacial score (nSPS) is 9.58. The summed E-state index contributed by atoms with van der Waals surface area (Å²) in [6.07, 6.45) is 0. The summed E-state index contributed by atoms with van der Waals surface area (Å²) in [5.74, 6) is -0.474. The van der Waals surface area contributed by atoms with Crippen LogP contribution in [0.3, 0.4) is 0 Å². The summed E-state index contributed by atoms with van der Waals surface area (Å²) < 4.78 is 4.76. The van der Waals surface area contributed by atoms with Crippen molar-refractivity contribution in [3.05, 3.63) is 17.0 Å². The predicted octanol–water partition coefficient (Wildman–Crippen LogP) is -0.786. The summed E-state index contributed by atoms with van der Waals surface area (Å²) in [6.45, 7) is 0. The fourth-order valence-corrected chi connectivity index (χ4v) is 1.46. The zero-order valence-corrected chi connectivity index (χ0v) is 7.17. The third-order valence-corrected chi connectivity index (χ3v) is 2.27. The minimum absolute atomic E-state index is 0.329.